The molecule has 0 fully saturated rings. The minimum Gasteiger partial charge on any atom is -0.430 e. The highest BCUT2D eigenvalue weighted by Crippen LogP contribution is 2.12. The van der Waals surface area contributed by atoms with Crippen LogP contribution in [-0.2, 0) is 6.54 Å². The van der Waals surface area contributed by atoms with Crippen LogP contribution in [-0.4, -0.2) is 21.3 Å². The number of aromatic nitrogens is 3. The average Bonchev–Trinajstić information content (AvgIpc) is 2.86. The van der Waals surface area contributed by atoms with Gasteiger partial charge in [0, 0.05) is 12.7 Å². The molecule has 0 atom stereocenters. The molecule has 0 saturated heterocycles. The van der Waals surface area contributed by atoms with Crippen molar-refractivity contribution in [2.24, 2.45) is 5.92 Å². The van der Waals surface area contributed by atoms with Crippen LogP contribution in [0.5, 0.6) is 0 Å². The van der Waals surface area contributed by atoms with E-state index in [0.717, 1.165) is 16.7 Å². The lowest BCUT2D eigenvalue weighted by molar-refractivity contribution is 0.508. The van der Waals surface area contributed by atoms with Crippen LogP contribution in [0, 0.1) is 5.92 Å². The average molecular weight is 299 g/mol. The highest BCUT2D eigenvalue weighted by molar-refractivity contribution is 9.10. The molecule has 0 aliphatic rings. The molecule has 0 radical (unpaired) electrons. The molecule has 0 aliphatic heterocycles. The first-order valence-corrected chi connectivity index (χ1v) is 6.30. The van der Waals surface area contributed by atoms with Crippen LogP contribution in [0.15, 0.2) is 27.5 Å². The molecule has 2 aromatic rings. The Labute approximate surface area is 108 Å². The first kappa shape index (κ1) is 12.3. The van der Waals surface area contributed by atoms with Crippen molar-refractivity contribution >= 4 is 15.9 Å². The molecular formula is C11H15BrN4O. The molecule has 2 heterocycles. The second-order valence-electron chi connectivity index (χ2n) is 4.25. The van der Waals surface area contributed by atoms with Gasteiger partial charge in [-0.15, -0.1) is 0 Å². The molecule has 0 aliphatic carbocycles. The maximum atomic E-state index is 5.35. The van der Waals surface area contributed by atoms with Gasteiger partial charge in [-0.1, -0.05) is 13.8 Å². The minimum absolute atomic E-state index is 0.483. The molecular weight excluding hydrogens is 284 g/mol. The first-order chi connectivity index (χ1) is 8.15. The Kier molecular flexibility index (Phi) is 3.96. The zero-order chi connectivity index (χ0) is 12.3. The summed E-state index contributed by atoms with van der Waals surface area (Å²) in [4.78, 5) is 4.34. The summed E-state index contributed by atoms with van der Waals surface area (Å²) < 4.78 is 7.84. The maximum Gasteiger partial charge on any atom is 0.322 e. The third-order valence-corrected chi connectivity index (χ3v) is 2.55. The minimum atomic E-state index is 0.483. The van der Waals surface area contributed by atoms with Crippen molar-refractivity contribution in [3.8, 4) is 6.01 Å². The van der Waals surface area contributed by atoms with E-state index >= 15 is 0 Å². The van der Waals surface area contributed by atoms with Crippen LogP contribution in [0.3, 0.4) is 0 Å². The predicted molar refractivity (Wildman–Crippen MR) is 67.9 cm³/mol. The van der Waals surface area contributed by atoms with E-state index < -0.39 is 0 Å². The second kappa shape index (κ2) is 5.46. The van der Waals surface area contributed by atoms with Crippen LogP contribution >= 0.6 is 15.9 Å². The highest BCUT2D eigenvalue weighted by Gasteiger charge is 2.07. The van der Waals surface area contributed by atoms with Gasteiger partial charge in [0.15, 0.2) is 0 Å². The smallest absolute Gasteiger partial charge is 0.322 e. The van der Waals surface area contributed by atoms with Gasteiger partial charge >= 0.3 is 6.01 Å². The predicted octanol–water partition coefficient (Wildman–Crippen LogP) is 2.37. The SMILES string of the molecule is CC(C)CNCc1coc(-n2cc(Br)cn2)n1. The van der Waals surface area contributed by atoms with E-state index in [-0.39, 0.29) is 0 Å². The lowest BCUT2D eigenvalue weighted by Crippen LogP contribution is -2.19. The van der Waals surface area contributed by atoms with Crippen molar-refractivity contribution in [2.45, 2.75) is 20.4 Å². The standard InChI is InChI=1S/C11H15BrN4O/c1-8(2)3-13-5-10-7-17-11(15-10)16-6-9(12)4-14-16/h4,6-8,13H,3,5H2,1-2H3. The number of rotatable bonds is 5. The lowest BCUT2D eigenvalue weighted by atomic mass is 10.2. The second-order valence-corrected chi connectivity index (χ2v) is 5.16. The van der Waals surface area contributed by atoms with E-state index in [4.69, 9.17) is 4.42 Å². The van der Waals surface area contributed by atoms with Crippen molar-refractivity contribution in [1.29, 1.82) is 0 Å². The van der Waals surface area contributed by atoms with Gasteiger partial charge in [0.05, 0.1) is 16.4 Å². The van der Waals surface area contributed by atoms with E-state index in [1.165, 1.54) is 0 Å². The van der Waals surface area contributed by atoms with Gasteiger partial charge in [-0.3, -0.25) is 0 Å². The number of nitrogens with zero attached hydrogens (tertiary/aromatic N) is 3. The summed E-state index contributed by atoms with van der Waals surface area (Å²) in [5.41, 5.74) is 0.882. The van der Waals surface area contributed by atoms with Gasteiger partial charge in [0.2, 0.25) is 0 Å². The monoisotopic (exact) mass is 298 g/mol. The van der Waals surface area contributed by atoms with Gasteiger partial charge < -0.3 is 9.73 Å². The summed E-state index contributed by atoms with van der Waals surface area (Å²) in [6.07, 6.45) is 5.15. The van der Waals surface area contributed by atoms with Crippen molar-refractivity contribution in [3.05, 3.63) is 28.8 Å². The van der Waals surface area contributed by atoms with E-state index in [2.05, 4.69) is 45.2 Å². The van der Waals surface area contributed by atoms with Crippen LogP contribution in [0.2, 0.25) is 0 Å². The van der Waals surface area contributed by atoms with Crippen LogP contribution in [0.4, 0.5) is 0 Å². The number of oxazole rings is 1. The van der Waals surface area contributed by atoms with Crippen LogP contribution < -0.4 is 5.32 Å². The van der Waals surface area contributed by atoms with Crippen LogP contribution in [0.25, 0.3) is 6.01 Å². The van der Waals surface area contributed by atoms with Gasteiger partial charge in [-0.25, -0.2) is 0 Å². The third kappa shape index (κ3) is 3.41. The number of hydrogen-bond donors (Lipinski definition) is 1. The fourth-order valence-corrected chi connectivity index (χ4v) is 1.66. The molecule has 0 amide bonds. The van der Waals surface area contributed by atoms with Crippen molar-refractivity contribution in [2.75, 3.05) is 6.54 Å². The first-order valence-electron chi connectivity index (χ1n) is 5.51. The Bertz CT molecular complexity index is 477. The zero-order valence-electron chi connectivity index (χ0n) is 9.85. The molecule has 0 bridgehead atoms. The molecule has 0 saturated carbocycles. The van der Waals surface area contributed by atoms with Gasteiger partial charge in [-0.2, -0.15) is 14.8 Å². The molecule has 2 aromatic heterocycles. The summed E-state index contributed by atoms with van der Waals surface area (Å²) >= 11 is 3.33. The lowest BCUT2D eigenvalue weighted by Gasteiger charge is -2.04. The van der Waals surface area contributed by atoms with Crippen molar-refractivity contribution < 1.29 is 4.42 Å². The van der Waals surface area contributed by atoms with E-state index in [1.54, 1.807) is 23.3 Å². The molecule has 0 aromatic carbocycles. The fraction of sp³-hybridized carbons (Fsp3) is 0.455. The Morgan fingerprint density at radius 3 is 3.00 bits per heavy atom. The Morgan fingerprint density at radius 2 is 2.35 bits per heavy atom. The highest BCUT2D eigenvalue weighted by atomic mass is 79.9. The van der Waals surface area contributed by atoms with Crippen molar-refractivity contribution in [3.63, 3.8) is 0 Å². The number of nitrogens with one attached hydrogen (secondary N) is 1. The molecule has 6 heteroatoms. The Hall–Kier alpha value is -1.14. The molecule has 2 rings (SSSR count). The van der Waals surface area contributed by atoms with E-state index in [1.807, 2.05) is 0 Å². The summed E-state index contributed by atoms with van der Waals surface area (Å²) in [5, 5.41) is 7.41. The molecule has 0 unspecified atom stereocenters. The third-order valence-electron chi connectivity index (χ3n) is 2.15. The fourth-order valence-electron chi connectivity index (χ4n) is 1.38. The zero-order valence-corrected chi connectivity index (χ0v) is 11.4. The summed E-state index contributed by atoms with van der Waals surface area (Å²) in [6.45, 7) is 6.02. The quantitative estimate of drug-likeness (QED) is 0.921. The summed E-state index contributed by atoms with van der Waals surface area (Å²) in [7, 11) is 0. The normalized spacial score (nSPS) is 11.3. The van der Waals surface area contributed by atoms with Crippen molar-refractivity contribution in [1.82, 2.24) is 20.1 Å². The van der Waals surface area contributed by atoms with E-state index in [9.17, 15) is 0 Å². The Morgan fingerprint density at radius 1 is 1.53 bits per heavy atom. The Balaban J connectivity index is 1.96. The van der Waals surface area contributed by atoms with E-state index in [0.29, 0.717) is 18.5 Å². The molecule has 1 N–H and O–H groups in total. The molecule has 0 spiro atoms. The summed E-state index contributed by atoms with van der Waals surface area (Å²) in [5.74, 6) is 0.628. The van der Waals surface area contributed by atoms with Gasteiger partial charge in [0.25, 0.3) is 0 Å². The van der Waals surface area contributed by atoms with Crippen LogP contribution in [0.1, 0.15) is 19.5 Å². The number of halogens is 1. The maximum absolute atomic E-state index is 5.35. The molecule has 5 nitrogen and oxygen atoms in total. The van der Waals surface area contributed by atoms with Gasteiger partial charge in [0.1, 0.15) is 6.26 Å². The molecule has 17 heavy (non-hydrogen) atoms. The topological polar surface area (TPSA) is 55.9 Å². The van der Waals surface area contributed by atoms with Gasteiger partial charge in [-0.05, 0) is 28.4 Å². The number of hydrogen-bond acceptors (Lipinski definition) is 4. The largest absolute Gasteiger partial charge is 0.430 e. The summed E-state index contributed by atoms with van der Waals surface area (Å²) in [6, 6.07) is 0.483. The molecule has 92 valence electrons.